The molecule has 2 aromatic rings. The molecule has 0 bridgehead atoms. The molecule has 1 unspecified atom stereocenters. The van der Waals surface area contributed by atoms with Gasteiger partial charge >= 0.3 is 8.53 Å². The average molecular weight is 345 g/mol. The Labute approximate surface area is 142 Å². The Morgan fingerprint density at radius 2 is 1.67 bits per heavy atom. The minimum absolute atomic E-state index is 0.0528. The summed E-state index contributed by atoms with van der Waals surface area (Å²) in [5, 5.41) is 7.24. The van der Waals surface area contributed by atoms with E-state index in [0.29, 0.717) is 18.7 Å². The third-order valence-electron chi connectivity index (χ3n) is 3.09. The number of nitrogens with one attached hydrogen (secondary N) is 1. The van der Waals surface area contributed by atoms with E-state index >= 15 is 0 Å². The summed E-state index contributed by atoms with van der Waals surface area (Å²) in [4.78, 5) is 14.1. The fourth-order valence-corrected chi connectivity index (χ4v) is 2.87. The zero-order valence-electron chi connectivity index (χ0n) is 13.0. The molecule has 0 saturated carbocycles. The summed E-state index contributed by atoms with van der Waals surface area (Å²) in [6.45, 7) is 0.377. The monoisotopic (exact) mass is 345 g/mol. The fraction of sp³-hybridized carbons (Fsp3) is 0.125. The third-order valence-corrected chi connectivity index (χ3v) is 4.28. The topological polar surface area (TPSA) is 121 Å². The molecule has 1 atom stereocenters. The molecule has 0 saturated heterocycles. The van der Waals surface area contributed by atoms with Crippen molar-refractivity contribution in [3.8, 4) is 5.75 Å². The third kappa shape index (κ3) is 5.53. The van der Waals surface area contributed by atoms with Gasteiger partial charge in [-0.1, -0.05) is 48.5 Å². The van der Waals surface area contributed by atoms with Gasteiger partial charge in [-0.2, -0.15) is 4.99 Å². The Kier molecular flexibility index (Phi) is 6.54. The van der Waals surface area contributed by atoms with Gasteiger partial charge in [-0.25, -0.2) is 0 Å². The first-order chi connectivity index (χ1) is 11.6. The van der Waals surface area contributed by atoms with Crippen molar-refractivity contribution in [2.45, 2.75) is 6.42 Å². The van der Waals surface area contributed by atoms with Crippen molar-refractivity contribution in [3.63, 3.8) is 0 Å². The van der Waals surface area contributed by atoms with Crippen molar-refractivity contribution in [1.82, 2.24) is 4.67 Å². The molecule has 0 fully saturated rings. The molecule has 0 aliphatic heterocycles. The summed E-state index contributed by atoms with van der Waals surface area (Å²) < 4.78 is 6.96. The molecule has 0 heterocycles. The Morgan fingerprint density at radius 1 is 1.08 bits per heavy atom. The summed E-state index contributed by atoms with van der Waals surface area (Å²) in [6, 6.07) is 18.7. The lowest BCUT2D eigenvalue weighted by Gasteiger charge is -2.26. The van der Waals surface area contributed by atoms with Crippen molar-refractivity contribution in [3.05, 3.63) is 66.2 Å². The number of rotatable bonds is 6. The van der Waals surface area contributed by atoms with Gasteiger partial charge in [0.05, 0.1) is 0 Å². The van der Waals surface area contributed by atoms with E-state index in [2.05, 4.69) is 4.99 Å². The molecule has 24 heavy (non-hydrogen) atoms. The molecular weight excluding hydrogens is 325 g/mol. The maximum absolute atomic E-state index is 10.4. The van der Waals surface area contributed by atoms with Crippen LogP contribution in [0, 0.1) is 5.41 Å². The number of hydrogen-bond acceptors (Lipinski definition) is 3. The zero-order chi connectivity index (χ0) is 17.4. The summed E-state index contributed by atoms with van der Waals surface area (Å²) in [5.41, 5.74) is 12.2. The van der Waals surface area contributed by atoms with Crippen LogP contribution < -0.4 is 16.0 Å². The molecule has 6 N–H and O–H groups in total. The van der Waals surface area contributed by atoms with E-state index in [0.717, 1.165) is 5.56 Å². The second-order valence-corrected chi connectivity index (χ2v) is 6.04. The highest BCUT2D eigenvalue weighted by Gasteiger charge is 2.22. The molecule has 0 aliphatic carbocycles. The van der Waals surface area contributed by atoms with Crippen molar-refractivity contribution in [2.24, 2.45) is 16.5 Å². The van der Waals surface area contributed by atoms with Gasteiger partial charge in [0.25, 0.3) is 0 Å². The highest BCUT2D eigenvalue weighted by Crippen LogP contribution is 2.37. The fourth-order valence-electron chi connectivity index (χ4n) is 1.97. The number of nitrogens with two attached hydrogens (primary N) is 2. The van der Waals surface area contributed by atoms with Crippen LogP contribution in [0.25, 0.3) is 0 Å². The van der Waals surface area contributed by atoms with Gasteiger partial charge in [0.1, 0.15) is 5.75 Å². The number of nitrogens with zero attached hydrogens (tertiary/aromatic N) is 2. The molecule has 8 heteroatoms. The lowest BCUT2D eigenvalue weighted by atomic mass is 10.1. The van der Waals surface area contributed by atoms with Crippen LogP contribution >= 0.6 is 8.53 Å². The molecular formula is C16H20N5O2P. The number of benzene rings is 2. The summed E-state index contributed by atoms with van der Waals surface area (Å²) >= 11 is 0. The van der Waals surface area contributed by atoms with Crippen LogP contribution in [0.1, 0.15) is 5.56 Å². The quantitative estimate of drug-likeness (QED) is 0.363. The summed E-state index contributed by atoms with van der Waals surface area (Å²) in [6.07, 6.45) is 0.631. The minimum atomic E-state index is -2.06. The normalized spacial score (nSPS) is 12.5. The Morgan fingerprint density at radius 3 is 2.25 bits per heavy atom. The van der Waals surface area contributed by atoms with Gasteiger partial charge in [0.15, 0.2) is 0 Å². The van der Waals surface area contributed by atoms with Crippen LogP contribution in [-0.2, 0) is 6.42 Å². The molecule has 7 nitrogen and oxygen atoms in total. The highest BCUT2D eigenvalue weighted by molar-refractivity contribution is 7.44. The number of aliphatic imine (C=N–C) groups is 1. The highest BCUT2D eigenvalue weighted by atomic mass is 31.2. The Hall–Kier alpha value is -2.63. The molecule has 126 valence electrons. The maximum Gasteiger partial charge on any atom is 0.352 e. The van der Waals surface area contributed by atoms with Crippen LogP contribution in [-0.4, -0.2) is 28.0 Å². The number of para-hydroxylation sites is 1. The zero-order valence-corrected chi connectivity index (χ0v) is 13.9. The van der Waals surface area contributed by atoms with E-state index in [4.69, 9.17) is 21.4 Å². The minimum Gasteiger partial charge on any atom is -0.432 e. The maximum atomic E-state index is 10.4. The summed E-state index contributed by atoms with van der Waals surface area (Å²) in [5.74, 6) is 0.0368. The summed E-state index contributed by atoms with van der Waals surface area (Å²) in [7, 11) is -2.06. The van der Waals surface area contributed by atoms with E-state index in [-0.39, 0.29) is 5.96 Å². The van der Waals surface area contributed by atoms with E-state index in [9.17, 15) is 4.89 Å². The molecule has 0 amide bonds. The molecule has 0 spiro atoms. The van der Waals surface area contributed by atoms with Gasteiger partial charge < -0.3 is 20.9 Å². The first-order valence-corrected chi connectivity index (χ1v) is 8.44. The van der Waals surface area contributed by atoms with Crippen molar-refractivity contribution in [2.75, 3.05) is 6.54 Å². The standard InChI is InChI=1S/C16H20N5O2P/c17-15(18)20-16(19)21(12-11-13-7-3-1-4-8-13)24(22)23-14-9-5-2-6-10-14/h1-10,22H,11-12H2,(H5,17,18,19,20). The van der Waals surface area contributed by atoms with Crippen molar-refractivity contribution in [1.29, 1.82) is 5.41 Å². The Bertz CT molecular complexity index is 681. The predicted molar refractivity (Wildman–Crippen MR) is 96.6 cm³/mol. The molecule has 0 radical (unpaired) electrons. The van der Waals surface area contributed by atoms with E-state index in [1.807, 2.05) is 36.4 Å². The van der Waals surface area contributed by atoms with Crippen molar-refractivity contribution >= 4 is 20.4 Å². The number of hydrogen-bond donors (Lipinski definition) is 4. The second kappa shape index (κ2) is 8.86. The number of guanidine groups is 2. The first kappa shape index (κ1) is 17.7. The van der Waals surface area contributed by atoms with Crippen LogP contribution in [0.15, 0.2) is 65.7 Å². The second-order valence-electron chi connectivity index (χ2n) is 4.87. The van der Waals surface area contributed by atoms with Crippen LogP contribution in [0.2, 0.25) is 0 Å². The van der Waals surface area contributed by atoms with Gasteiger partial charge in [-0.3, -0.25) is 10.1 Å². The Balaban J connectivity index is 2.11. The van der Waals surface area contributed by atoms with Crippen LogP contribution in [0.3, 0.4) is 0 Å². The first-order valence-electron chi connectivity index (χ1n) is 7.28. The van der Waals surface area contributed by atoms with Gasteiger partial charge in [0, 0.05) is 6.54 Å². The molecule has 2 aromatic carbocycles. The van der Waals surface area contributed by atoms with Gasteiger partial charge in [-0.05, 0) is 24.1 Å². The lowest BCUT2D eigenvalue weighted by molar-refractivity contribution is 0.417. The molecule has 0 aromatic heterocycles. The van der Waals surface area contributed by atoms with E-state index < -0.39 is 14.5 Å². The molecule has 2 rings (SSSR count). The molecule has 0 aliphatic rings. The van der Waals surface area contributed by atoms with E-state index in [1.165, 1.54) is 4.67 Å². The van der Waals surface area contributed by atoms with Gasteiger partial charge in [-0.15, -0.1) is 0 Å². The predicted octanol–water partition coefficient (Wildman–Crippen LogP) is 2.04. The lowest BCUT2D eigenvalue weighted by Crippen LogP contribution is -2.37. The van der Waals surface area contributed by atoms with Crippen molar-refractivity contribution < 1.29 is 9.42 Å². The SMILES string of the molecule is N=C(N)/N=C(/N)N(CCc1ccccc1)P(O)Oc1ccccc1. The van der Waals surface area contributed by atoms with Crippen LogP contribution in [0.4, 0.5) is 0 Å². The average Bonchev–Trinajstić information content (AvgIpc) is 2.56. The largest absolute Gasteiger partial charge is 0.432 e. The van der Waals surface area contributed by atoms with E-state index in [1.54, 1.807) is 24.3 Å². The van der Waals surface area contributed by atoms with Gasteiger partial charge in [0.2, 0.25) is 11.9 Å². The van der Waals surface area contributed by atoms with Crippen LogP contribution in [0.5, 0.6) is 5.75 Å². The smallest absolute Gasteiger partial charge is 0.352 e.